The Morgan fingerprint density at radius 1 is 1.24 bits per heavy atom. The van der Waals surface area contributed by atoms with E-state index in [1.807, 2.05) is 59.2 Å². The zero-order valence-electron chi connectivity index (χ0n) is 23.9. The molecule has 3 aliphatic heterocycles. The number of unbranched alkanes of at least 4 members (excludes halogenated alkanes) is 1. The van der Waals surface area contributed by atoms with Crippen LogP contribution >= 0.6 is 0 Å². The molecule has 0 aliphatic carbocycles. The number of carbonyl (C=O) groups excluding carboxylic acids is 1. The monoisotopic (exact) mass is 585 g/mol. The summed E-state index contributed by atoms with van der Waals surface area (Å²) in [5, 5.41) is 10.5. The van der Waals surface area contributed by atoms with Crippen LogP contribution in [0.3, 0.4) is 0 Å². The third-order valence-electron chi connectivity index (χ3n) is 8.66. The highest BCUT2D eigenvalue weighted by Crippen LogP contribution is 2.41. The minimum Gasteiger partial charge on any atom is -0.493 e. The molecule has 11 heteroatoms. The number of ether oxygens (including phenoxy) is 1. The number of carboxylic acids is 1. The zero-order chi connectivity index (χ0) is 29.1. The van der Waals surface area contributed by atoms with E-state index in [0.717, 1.165) is 41.8 Å². The standard InChI is InChI=1S/C30H40N4O6S/c1-3-4-14-34(24-7-5-12-31(2)19-24)28(35)21-32-20-25(22-8-9-27-23(18-22)11-16-40-27)29(30(36)37)26(32)10-15-33-13-6-17-41(33,38)39/h5,7-9,12,18-19,25-26,29H,3-4,6,10-11,13-17,20-21H2,1-2H3/p+1/t25-,26+,29-/m1/s1. The summed E-state index contributed by atoms with van der Waals surface area (Å²) < 4.78 is 34.1. The van der Waals surface area contributed by atoms with Crippen LogP contribution in [0.25, 0.3) is 0 Å². The number of nitrogens with zero attached hydrogens (tertiary/aromatic N) is 4. The van der Waals surface area contributed by atoms with Crippen LogP contribution in [0.4, 0.5) is 5.69 Å². The van der Waals surface area contributed by atoms with E-state index in [4.69, 9.17) is 4.74 Å². The van der Waals surface area contributed by atoms with Gasteiger partial charge in [0.1, 0.15) is 18.5 Å². The largest absolute Gasteiger partial charge is 0.493 e. The molecule has 1 aromatic carbocycles. The van der Waals surface area contributed by atoms with Gasteiger partial charge in [-0.1, -0.05) is 25.5 Å². The molecule has 1 aromatic heterocycles. The lowest BCUT2D eigenvalue weighted by Crippen LogP contribution is -2.46. The number of hydrogen-bond acceptors (Lipinski definition) is 6. The van der Waals surface area contributed by atoms with Gasteiger partial charge < -0.3 is 14.7 Å². The van der Waals surface area contributed by atoms with Crippen molar-refractivity contribution in [3.63, 3.8) is 0 Å². The average Bonchev–Trinajstić information content (AvgIpc) is 3.63. The number of aromatic nitrogens is 1. The number of hydrogen-bond donors (Lipinski definition) is 1. The number of carbonyl (C=O) groups is 2. The summed E-state index contributed by atoms with van der Waals surface area (Å²) >= 11 is 0. The Hall–Kier alpha value is -3.02. The fourth-order valence-corrected chi connectivity index (χ4v) is 8.09. The van der Waals surface area contributed by atoms with E-state index in [0.29, 0.717) is 39.1 Å². The number of pyridine rings is 1. The maximum Gasteiger partial charge on any atom is 0.308 e. The van der Waals surface area contributed by atoms with E-state index in [2.05, 4.69) is 6.92 Å². The molecular weight excluding hydrogens is 544 g/mol. The first-order valence-electron chi connectivity index (χ1n) is 14.6. The Morgan fingerprint density at radius 2 is 2.07 bits per heavy atom. The Kier molecular flexibility index (Phi) is 8.96. The van der Waals surface area contributed by atoms with E-state index in [1.54, 1.807) is 4.90 Å². The third-order valence-corrected chi connectivity index (χ3v) is 10.6. The van der Waals surface area contributed by atoms with Gasteiger partial charge in [0.15, 0.2) is 12.4 Å². The van der Waals surface area contributed by atoms with Gasteiger partial charge in [0, 0.05) is 50.6 Å². The lowest BCUT2D eigenvalue weighted by molar-refractivity contribution is -0.670. The predicted octanol–water partition coefficient (Wildman–Crippen LogP) is 2.17. The van der Waals surface area contributed by atoms with Crippen molar-refractivity contribution in [3.05, 3.63) is 53.9 Å². The fourth-order valence-electron chi connectivity index (χ4n) is 6.55. The van der Waals surface area contributed by atoms with Crippen molar-refractivity contribution in [2.24, 2.45) is 13.0 Å². The lowest BCUT2D eigenvalue weighted by Gasteiger charge is -2.30. The van der Waals surface area contributed by atoms with Gasteiger partial charge in [0.25, 0.3) is 0 Å². The predicted molar refractivity (Wildman–Crippen MR) is 154 cm³/mol. The number of anilines is 1. The van der Waals surface area contributed by atoms with Crippen molar-refractivity contribution in [2.45, 2.75) is 51.0 Å². The molecule has 1 amide bonds. The molecule has 1 N–H and O–H groups in total. The summed E-state index contributed by atoms with van der Waals surface area (Å²) in [6, 6.07) is 9.25. The topological polar surface area (TPSA) is 111 Å². The highest BCUT2D eigenvalue weighted by Gasteiger charge is 2.48. The highest BCUT2D eigenvalue weighted by molar-refractivity contribution is 7.89. The molecule has 2 fully saturated rings. The second kappa shape index (κ2) is 12.5. The molecule has 5 rings (SSSR count). The summed E-state index contributed by atoms with van der Waals surface area (Å²) in [5.74, 6) is -1.14. The number of rotatable bonds is 11. The summed E-state index contributed by atoms with van der Waals surface area (Å²) in [6.45, 7) is 4.44. The van der Waals surface area contributed by atoms with E-state index in [-0.39, 0.29) is 30.7 Å². The summed E-state index contributed by atoms with van der Waals surface area (Å²) in [5.41, 5.74) is 2.80. The minimum absolute atomic E-state index is 0.0636. The molecular formula is C30H41N4O6S+. The van der Waals surface area contributed by atoms with Gasteiger partial charge in [-0.25, -0.2) is 17.3 Å². The number of aliphatic carboxylic acids is 1. The molecule has 0 spiro atoms. The molecule has 0 radical (unpaired) electrons. The summed E-state index contributed by atoms with van der Waals surface area (Å²) in [6.07, 6.45) is 7.33. The van der Waals surface area contributed by atoms with E-state index >= 15 is 0 Å². The quantitative estimate of drug-likeness (QED) is 0.403. The lowest BCUT2D eigenvalue weighted by atomic mass is 9.83. The van der Waals surface area contributed by atoms with E-state index < -0.39 is 28.0 Å². The third kappa shape index (κ3) is 6.42. The second-order valence-corrected chi connectivity index (χ2v) is 13.5. The van der Waals surface area contributed by atoms with Crippen molar-refractivity contribution in [1.29, 1.82) is 0 Å². The highest BCUT2D eigenvalue weighted by atomic mass is 32.2. The van der Waals surface area contributed by atoms with Crippen molar-refractivity contribution in [3.8, 4) is 5.75 Å². The number of aryl methyl sites for hydroxylation is 1. The van der Waals surface area contributed by atoms with Crippen LogP contribution in [-0.2, 0) is 33.1 Å². The minimum atomic E-state index is -3.32. The Labute approximate surface area is 242 Å². The van der Waals surface area contributed by atoms with Gasteiger partial charge in [0.2, 0.25) is 15.9 Å². The van der Waals surface area contributed by atoms with Crippen LogP contribution in [0.2, 0.25) is 0 Å². The van der Waals surface area contributed by atoms with Gasteiger partial charge in [0.05, 0.1) is 24.8 Å². The van der Waals surface area contributed by atoms with Gasteiger partial charge in [-0.2, -0.15) is 0 Å². The smallest absolute Gasteiger partial charge is 0.308 e. The molecule has 0 unspecified atom stereocenters. The van der Waals surface area contributed by atoms with Gasteiger partial charge >= 0.3 is 5.97 Å². The van der Waals surface area contributed by atoms with E-state index in [1.165, 1.54) is 4.31 Å². The first kappa shape index (κ1) is 29.5. The van der Waals surface area contributed by atoms with Crippen molar-refractivity contribution < 1.29 is 32.4 Å². The molecule has 4 heterocycles. The molecule has 41 heavy (non-hydrogen) atoms. The van der Waals surface area contributed by atoms with Crippen LogP contribution < -0.4 is 14.2 Å². The number of benzene rings is 1. The molecule has 3 aliphatic rings. The second-order valence-electron chi connectivity index (χ2n) is 11.4. The fraction of sp³-hybridized carbons (Fsp3) is 0.567. The van der Waals surface area contributed by atoms with Gasteiger partial charge in [-0.05, 0) is 42.5 Å². The molecule has 0 bridgehead atoms. The molecule has 3 atom stereocenters. The van der Waals surface area contributed by atoms with Crippen LogP contribution in [0.15, 0.2) is 42.7 Å². The average molecular weight is 586 g/mol. The Morgan fingerprint density at radius 3 is 2.78 bits per heavy atom. The maximum absolute atomic E-state index is 13.9. The SMILES string of the molecule is CCCCN(C(=O)CN1C[C@H](c2ccc3c(c2)CCO3)[C@@H](C(=O)O)[C@@H]1CCN1CCCS1(=O)=O)c1ccc[n+](C)c1. The molecule has 0 saturated carbocycles. The van der Waals surface area contributed by atoms with Gasteiger partial charge in [-0.3, -0.25) is 14.5 Å². The number of fused-ring (bicyclic) bond motifs is 1. The van der Waals surface area contributed by atoms with Crippen molar-refractivity contribution in [1.82, 2.24) is 9.21 Å². The van der Waals surface area contributed by atoms with Crippen LogP contribution in [0.1, 0.15) is 49.7 Å². The Bertz CT molecular complexity index is 1380. The molecule has 2 aromatic rings. The normalized spacial score (nSPS) is 23.8. The molecule has 10 nitrogen and oxygen atoms in total. The molecule has 2 saturated heterocycles. The van der Waals surface area contributed by atoms with Crippen molar-refractivity contribution in [2.75, 3.05) is 50.0 Å². The van der Waals surface area contributed by atoms with Crippen molar-refractivity contribution >= 4 is 27.6 Å². The van der Waals surface area contributed by atoms with Gasteiger partial charge in [-0.15, -0.1) is 0 Å². The zero-order valence-corrected chi connectivity index (χ0v) is 24.8. The van der Waals surface area contributed by atoms with E-state index in [9.17, 15) is 23.1 Å². The number of amides is 1. The first-order valence-corrected chi connectivity index (χ1v) is 16.2. The first-order chi connectivity index (χ1) is 19.7. The number of likely N-dealkylation sites (tertiary alicyclic amines) is 1. The van der Waals surface area contributed by atoms with Crippen LogP contribution in [0, 0.1) is 5.92 Å². The number of sulfonamides is 1. The maximum atomic E-state index is 13.9. The summed E-state index contributed by atoms with van der Waals surface area (Å²) in [4.78, 5) is 30.5. The Balaban J connectivity index is 1.44. The van der Waals surface area contributed by atoms with Crippen LogP contribution in [0.5, 0.6) is 5.75 Å². The van der Waals surface area contributed by atoms with Crippen LogP contribution in [-0.4, -0.2) is 85.7 Å². The summed E-state index contributed by atoms with van der Waals surface area (Å²) in [7, 11) is -1.40. The molecule has 222 valence electrons. The number of carboxylic acid groups (broad SMARTS) is 1.